The van der Waals surface area contributed by atoms with Crippen molar-refractivity contribution in [1.82, 2.24) is 10.6 Å². The summed E-state index contributed by atoms with van der Waals surface area (Å²) in [6, 6.07) is 4.01. The lowest BCUT2D eigenvalue weighted by atomic mass is 10.1. The van der Waals surface area contributed by atoms with Gasteiger partial charge in [0.1, 0.15) is 0 Å². The monoisotopic (exact) mass is 297 g/mol. The van der Waals surface area contributed by atoms with Gasteiger partial charge in [0, 0.05) is 28.8 Å². The average Bonchev–Trinajstić information content (AvgIpc) is 2.66. The number of halogens is 1. The normalized spacial score (nSPS) is 19.1. The van der Waals surface area contributed by atoms with Crippen LogP contribution in [0.5, 0.6) is 0 Å². The third kappa shape index (κ3) is 3.91. The topological polar surface area (TPSA) is 84.3 Å². The van der Waals surface area contributed by atoms with Crippen LogP contribution in [0.4, 0.5) is 5.69 Å². The summed E-state index contributed by atoms with van der Waals surface area (Å²) in [5.74, 6) is -0.317. The summed E-state index contributed by atoms with van der Waals surface area (Å²) < 4.78 is 0. The first-order chi connectivity index (χ1) is 9.56. The molecule has 1 fully saturated rings. The number of nitro benzene ring substituents is 1. The average molecular weight is 298 g/mol. The molecule has 1 aliphatic heterocycles. The number of carbonyl (C=O) groups is 1. The molecule has 1 amide bonds. The van der Waals surface area contributed by atoms with Gasteiger partial charge in [-0.05, 0) is 38.4 Å². The van der Waals surface area contributed by atoms with E-state index in [0.717, 1.165) is 32.4 Å². The number of nitrogens with one attached hydrogen (secondary N) is 2. The summed E-state index contributed by atoms with van der Waals surface area (Å²) in [5.41, 5.74) is 0.0478. The molecular weight excluding hydrogens is 282 g/mol. The number of benzene rings is 1. The van der Waals surface area contributed by atoms with Crippen molar-refractivity contribution in [3.05, 3.63) is 38.9 Å². The Morgan fingerprint density at radius 1 is 1.35 bits per heavy atom. The van der Waals surface area contributed by atoms with Crippen molar-refractivity contribution < 1.29 is 9.72 Å². The van der Waals surface area contributed by atoms with Gasteiger partial charge in [-0.1, -0.05) is 11.6 Å². The number of hydrogen-bond acceptors (Lipinski definition) is 4. The second-order valence-electron chi connectivity index (χ2n) is 4.81. The first kappa shape index (κ1) is 14.7. The number of hydrogen-bond donors (Lipinski definition) is 2. The lowest BCUT2D eigenvalue weighted by molar-refractivity contribution is -0.384. The Kier molecular flexibility index (Phi) is 4.92. The van der Waals surface area contributed by atoms with Crippen LogP contribution in [0, 0.1) is 10.1 Å². The van der Waals surface area contributed by atoms with Gasteiger partial charge in [0.2, 0.25) is 0 Å². The zero-order chi connectivity index (χ0) is 14.5. The fraction of sp³-hybridized carbons (Fsp3) is 0.462. The standard InChI is InChI=1S/C13H16ClN3O3/c14-10-6-9(7-12(8-10)17(19)20)13(18)16-11-2-1-4-15-5-3-11/h6-8,11,15H,1-5H2,(H,16,18). The maximum Gasteiger partial charge on any atom is 0.271 e. The Bertz CT molecular complexity index is 514. The molecule has 1 heterocycles. The van der Waals surface area contributed by atoms with Gasteiger partial charge in [-0.15, -0.1) is 0 Å². The molecule has 1 aromatic rings. The van der Waals surface area contributed by atoms with Gasteiger partial charge in [-0.25, -0.2) is 0 Å². The molecule has 1 atom stereocenters. The molecule has 2 rings (SSSR count). The lowest BCUT2D eigenvalue weighted by Gasteiger charge is -2.15. The van der Waals surface area contributed by atoms with E-state index in [9.17, 15) is 14.9 Å². The van der Waals surface area contributed by atoms with Crippen molar-refractivity contribution >= 4 is 23.2 Å². The van der Waals surface area contributed by atoms with Crippen molar-refractivity contribution in [2.24, 2.45) is 0 Å². The van der Waals surface area contributed by atoms with Crippen molar-refractivity contribution in [3.8, 4) is 0 Å². The highest BCUT2D eigenvalue weighted by atomic mass is 35.5. The third-order valence-corrected chi connectivity index (χ3v) is 3.48. The van der Waals surface area contributed by atoms with Gasteiger partial charge in [-0.3, -0.25) is 14.9 Å². The van der Waals surface area contributed by atoms with Gasteiger partial charge in [0.15, 0.2) is 0 Å². The van der Waals surface area contributed by atoms with E-state index in [2.05, 4.69) is 10.6 Å². The fourth-order valence-corrected chi connectivity index (χ4v) is 2.47. The van der Waals surface area contributed by atoms with Crippen LogP contribution in [0.2, 0.25) is 5.02 Å². The molecule has 1 saturated heterocycles. The largest absolute Gasteiger partial charge is 0.349 e. The maximum atomic E-state index is 12.1. The van der Waals surface area contributed by atoms with Gasteiger partial charge in [0.05, 0.1) is 4.92 Å². The predicted octanol–water partition coefficient (Wildman–Crippen LogP) is 2.12. The minimum Gasteiger partial charge on any atom is -0.349 e. The molecule has 20 heavy (non-hydrogen) atoms. The molecule has 0 aromatic heterocycles. The van der Waals surface area contributed by atoms with E-state index in [0.29, 0.717) is 0 Å². The summed E-state index contributed by atoms with van der Waals surface area (Å²) in [6.07, 6.45) is 2.76. The summed E-state index contributed by atoms with van der Waals surface area (Å²) >= 11 is 5.81. The molecule has 6 nitrogen and oxygen atoms in total. The molecular formula is C13H16ClN3O3. The van der Waals surface area contributed by atoms with E-state index in [-0.39, 0.29) is 28.2 Å². The summed E-state index contributed by atoms with van der Waals surface area (Å²) in [7, 11) is 0. The number of nitrogens with zero attached hydrogens (tertiary/aromatic N) is 1. The van der Waals surface area contributed by atoms with Crippen LogP contribution in [0.15, 0.2) is 18.2 Å². The Morgan fingerprint density at radius 2 is 2.15 bits per heavy atom. The van der Waals surface area contributed by atoms with Gasteiger partial charge in [-0.2, -0.15) is 0 Å². The molecule has 0 aliphatic carbocycles. The van der Waals surface area contributed by atoms with Gasteiger partial charge in [0.25, 0.3) is 11.6 Å². The van der Waals surface area contributed by atoms with Crippen LogP contribution in [0.25, 0.3) is 0 Å². The zero-order valence-electron chi connectivity index (χ0n) is 10.9. The molecule has 1 aromatic carbocycles. The van der Waals surface area contributed by atoms with E-state index in [4.69, 9.17) is 11.6 Å². The third-order valence-electron chi connectivity index (χ3n) is 3.27. The second-order valence-corrected chi connectivity index (χ2v) is 5.24. The molecule has 0 saturated carbocycles. The molecule has 1 aliphatic rings. The van der Waals surface area contributed by atoms with Crippen LogP contribution in [0.1, 0.15) is 29.6 Å². The van der Waals surface area contributed by atoms with Crippen LogP contribution in [-0.2, 0) is 0 Å². The Morgan fingerprint density at radius 3 is 2.90 bits per heavy atom. The minimum atomic E-state index is -0.557. The van der Waals surface area contributed by atoms with E-state index < -0.39 is 4.92 Å². The summed E-state index contributed by atoms with van der Waals surface area (Å²) in [6.45, 7) is 1.82. The maximum absolute atomic E-state index is 12.1. The number of carbonyl (C=O) groups excluding carboxylic acids is 1. The molecule has 7 heteroatoms. The van der Waals surface area contributed by atoms with Crippen LogP contribution < -0.4 is 10.6 Å². The highest BCUT2D eigenvalue weighted by Gasteiger charge is 2.18. The number of amides is 1. The van der Waals surface area contributed by atoms with Crippen molar-refractivity contribution in [3.63, 3.8) is 0 Å². The number of nitro groups is 1. The quantitative estimate of drug-likeness (QED) is 0.661. The summed E-state index contributed by atoms with van der Waals surface area (Å²) in [4.78, 5) is 22.4. The fourth-order valence-electron chi connectivity index (χ4n) is 2.24. The Hall–Kier alpha value is -1.66. The van der Waals surface area contributed by atoms with Crippen molar-refractivity contribution in [2.75, 3.05) is 13.1 Å². The highest BCUT2D eigenvalue weighted by molar-refractivity contribution is 6.31. The first-order valence-corrected chi connectivity index (χ1v) is 6.90. The zero-order valence-corrected chi connectivity index (χ0v) is 11.7. The molecule has 0 bridgehead atoms. The molecule has 0 radical (unpaired) electrons. The van der Waals surface area contributed by atoms with Crippen LogP contribution >= 0.6 is 11.6 Å². The molecule has 0 spiro atoms. The summed E-state index contributed by atoms with van der Waals surface area (Å²) in [5, 5.41) is 17.1. The number of non-ortho nitro benzene ring substituents is 1. The van der Waals surface area contributed by atoms with Gasteiger partial charge >= 0.3 is 0 Å². The predicted molar refractivity (Wildman–Crippen MR) is 76.1 cm³/mol. The van der Waals surface area contributed by atoms with E-state index >= 15 is 0 Å². The lowest BCUT2D eigenvalue weighted by Crippen LogP contribution is -2.35. The number of rotatable bonds is 3. The minimum absolute atomic E-state index is 0.0931. The van der Waals surface area contributed by atoms with Crippen molar-refractivity contribution in [1.29, 1.82) is 0 Å². The SMILES string of the molecule is O=C(NC1CCCNCC1)c1cc(Cl)cc([N+](=O)[O-])c1. The second kappa shape index (κ2) is 6.67. The van der Waals surface area contributed by atoms with E-state index in [1.807, 2.05) is 0 Å². The van der Waals surface area contributed by atoms with Gasteiger partial charge < -0.3 is 10.6 Å². The smallest absolute Gasteiger partial charge is 0.271 e. The molecule has 1 unspecified atom stereocenters. The Labute approximate surface area is 121 Å². The molecule has 108 valence electrons. The van der Waals surface area contributed by atoms with Crippen LogP contribution in [-0.4, -0.2) is 30.0 Å². The van der Waals surface area contributed by atoms with E-state index in [1.165, 1.54) is 18.2 Å². The van der Waals surface area contributed by atoms with Crippen molar-refractivity contribution in [2.45, 2.75) is 25.3 Å². The first-order valence-electron chi connectivity index (χ1n) is 6.53. The van der Waals surface area contributed by atoms with E-state index in [1.54, 1.807) is 0 Å². The Balaban J connectivity index is 2.10. The highest BCUT2D eigenvalue weighted by Crippen LogP contribution is 2.21. The molecule has 2 N–H and O–H groups in total. The van der Waals surface area contributed by atoms with Crippen LogP contribution in [0.3, 0.4) is 0 Å².